The highest BCUT2D eigenvalue weighted by Gasteiger charge is 2.19. The van der Waals surface area contributed by atoms with E-state index in [4.69, 9.17) is 28.9 Å². The number of hydrogen-bond acceptors (Lipinski definition) is 2. The molecular weight excluding hydrogens is 323 g/mol. The van der Waals surface area contributed by atoms with Crippen LogP contribution in [0.3, 0.4) is 0 Å². The van der Waals surface area contributed by atoms with E-state index in [1.54, 1.807) is 48.5 Å². The number of nitrogens with two attached hydrogens (primary N) is 1. The third kappa shape index (κ3) is 4.48. The van der Waals surface area contributed by atoms with Gasteiger partial charge in [-0.15, -0.1) is 0 Å². The molecule has 6 heteroatoms. The van der Waals surface area contributed by atoms with Gasteiger partial charge in [0.15, 0.2) is 0 Å². The van der Waals surface area contributed by atoms with Crippen molar-refractivity contribution in [2.75, 3.05) is 0 Å². The summed E-state index contributed by atoms with van der Waals surface area (Å²) in [5.41, 5.74) is 6.62. The molecule has 22 heavy (non-hydrogen) atoms. The summed E-state index contributed by atoms with van der Waals surface area (Å²) >= 11 is 11.6. The molecule has 4 nitrogen and oxygen atoms in total. The lowest BCUT2D eigenvalue weighted by atomic mass is 10.0. The lowest BCUT2D eigenvalue weighted by molar-refractivity contribution is -0.119. The maximum absolute atomic E-state index is 12.1. The van der Waals surface area contributed by atoms with Crippen LogP contribution in [0.25, 0.3) is 0 Å². The Bertz CT molecular complexity index is 670. The van der Waals surface area contributed by atoms with E-state index in [1.807, 2.05) is 0 Å². The van der Waals surface area contributed by atoms with Crippen LogP contribution in [0.2, 0.25) is 10.0 Å². The summed E-state index contributed by atoms with van der Waals surface area (Å²) in [7, 11) is 0. The molecule has 0 radical (unpaired) electrons. The molecule has 0 bridgehead atoms. The number of primary amides is 1. The molecular formula is C16H14Cl2N2O2. The summed E-state index contributed by atoms with van der Waals surface area (Å²) in [4.78, 5) is 23.7. The van der Waals surface area contributed by atoms with E-state index in [2.05, 4.69) is 5.32 Å². The third-order valence-corrected chi connectivity index (χ3v) is 3.61. The zero-order valence-electron chi connectivity index (χ0n) is 11.6. The quantitative estimate of drug-likeness (QED) is 0.881. The lowest BCUT2D eigenvalue weighted by Crippen LogP contribution is -2.45. The minimum Gasteiger partial charge on any atom is -0.368 e. The van der Waals surface area contributed by atoms with E-state index < -0.39 is 11.9 Å². The van der Waals surface area contributed by atoms with Gasteiger partial charge in [-0.1, -0.05) is 35.3 Å². The van der Waals surface area contributed by atoms with Crippen molar-refractivity contribution in [3.8, 4) is 0 Å². The first kappa shape index (κ1) is 16.3. The van der Waals surface area contributed by atoms with Gasteiger partial charge in [0.1, 0.15) is 6.04 Å². The van der Waals surface area contributed by atoms with Crippen molar-refractivity contribution in [3.63, 3.8) is 0 Å². The maximum Gasteiger partial charge on any atom is 0.251 e. The van der Waals surface area contributed by atoms with Crippen LogP contribution >= 0.6 is 23.2 Å². The van der Waals surface area contributed by atoms with Gasteiger partial charge in [-0.3, -0.25) is 9.59 Å². The summed E-state index contributed by atoms with van der Waals surface area (Å²) in [5, 5.41) is 3.76. The Kier molecular flexibility index (Phi) is 5.41. The summed E-state index contributed by atoms with van der Waals surface area (Å²) in [6.07, 6.45) is 0.297. The highest BCUT2D eigenvalue weighted by molar-refractivity contribution is 6.30. The van der Waals surface area contributed by atoms with Crippen LogP contribution < -0.4 is 11.1 Å². The summed E-state index contributed by atoms with van der Waals surface area (Å²) < 4.78 is 0. The second-order valence-electron chi connectivity index (χ2n) is 4.77. The molecule has 1 atom stereocenters. The molecule has 0 aliphatic carbocycles. The Morgan fingerprint density at radius 3 is 1.95 bits per heavy atom. The maximum atomic E-state index is 12.1. The molecule has 0 saturated carbocycles. The molecule has 2 rings (SSSR count). The largest absolute Gasteiger partial charge is 0.368 e. The van der Waals surface area contributed by atoms with Crippen molar-refractivity contribution in [2.45, 2.75) is 12.5 Å². The van der Waals surface area contributed by atoms with Gasteiger partial charge in [0, 0.05) is 22.0 Å². The summed E-state index contributed by atoms with van der Waals surface area (Å²) in [6, 6.07) is 12.6. The average Bonchev–Trinajstić information content (AvgIpc) is 2.49. The fraction of sp³-hybridized carbons (Fsp3) is 0.125. The number of carbonyl (C=O) groups is 2. The minimum absolute atomic E-state index is 0.297. The van der Waals surface area contributed by atoms with E-state index >= 15 is 0 Å². The lowest BCUT2D eigenvalue weighted by Gasteiger charge is -2.15. The summed E-state index contributed by atoms with van der Waals surface area (Å²) in [5.74, 6) is -0.980. The number of rotatable bonds is 5. The number of halogens is 2. The van der Waals surface area contributed by atoms with Crippen LogP contribution in [0.15, 0.2) is 48.5 Å². The van der Waals surface area contributed by atoms with E-state index in [9.17, 15) is 9.59 Å². The van der Waals surface area contributed by atoms with Gasteiger partial charge in [-0.25, -0.2) is 0 Å². The molecule has 2 amide bonds. The van der Waals surface area contributed by atoms with Gasteiger partial charge in [-0.2, -0.15) is 0 Å². The normalized spacial score (nSPS) is 11.7. The highest BCUT2D eigenvalue weighted by Crippen LogP contribution is 2.12. The van der Waals surface area contributed by atoms with E-state index in [0.717, 1.165) is 5.56 Å². The molecule has 0 fully saturated rings. The van der Waals surface area contributed by atoms with Crippen LogP contribution in [-0.2, 0) is 11.2 Å². The van der Waals surface area contributed by atoms with Crippen molar-refractivity contribution < 1.29 is 9.59 Å². The first-order valence-corrected chi connectivity index (χ1v) is 7.31. The van der Waals surface area contributed by atoms with Crippen molar-refractivity contribution >= 4 is 35.0 Å². The molecule has 0 aliphatic rings. The predicted molar refractivity (Wildman–Crippen MR) is 87.1 cm³/mol. The second kappa shape index (κ2) is 7.29. The number of nitrogens with one attached hydrogen (secondary N) is 1. The molecule has 2 aromatic carbocycles. The third-order valence-electron chi connectivity index (χ3n) is 3.11. The Hall–Kier alpha value is -2.04. The van der Waals surface area contributed by atoms with Crippen molar-refractivity contribution in [1.82, 2.24) is 5.32 Å². The Morgan fingerprint density at radius 1 is 0.955 bits per heavy atom. The van der Waals surface area contributed by atoms with E-state index in [0.29, 0.717) is 22.0 Å². The Labute approximate surface area is 138 Å². The highest BCUT2D eigenvalue weighted by atomic mass is 35.5. The van der Waals surface area contributed by atoms with Gasteiger partial charge in [0.05, 0.1) is 0 Å². The van der Waals surface area contributed by atoms with Crippen molar-refractivity contribution in [1.29, 1.82) is 0 Å². The average molecular weight is 337 g/mol. The monoisotopic (exact) mass is 336 g/mol. The zero-order valence-corrected chi connectivity index (χ0v) is 13.1. The van der Waals surface area contributed by atoms with Crippen molar-refractivity contribution in [3.05, 3.63) is 69.7 Å². The van der Waals surface area contributed by atoms with Gasteiger partial charge in [0.25, 0.3) is 5.91 Å². The molecule has 0 aliphatic heterocycles. The van der Waals surface area contributed by atoms with Crippen LogP contribution in [-0.4, -0.2) is 17.9 Å². The van der Waals surface area contributed by atoms with Gasteiger partial charge < -0.3 is 11.1 Å². The van der Waals surface area contributed by atoms with Gasteiger partial charge in [0.2, 0.25) is 5.91 Å². The molecule has 0 unspecified atom stereocenters. The molecule has 0 saturated heterocycles. The number of amides is 2. The smallest absolute Gasteiger partial charge is 0.251 e. The first-order valence-electron chi connectivity index (χ1n) is 6.56. The second-order valence-corrected chi connectivity index (χ2v) is 5.64. The topological polar surface area (TPSA) is 72.2 Å². The van der Waals surface area contributed by atoms with E-state index in [-0.39, 0.29) is 5.91 Å². The van der Waals surface area contributed by atoms with Gasteiger partial charge in [-0.05, 0) is 42.0 Å². The predicted octanol–water partition coefficient (Wildman–Crippen LogP) is 2.82. The Morgan fingerprint density at radius 2 is 1.45 bits per heavy atom. The first-order chi connectivity index (χ1) is 10.5. The molecule has 114 valence electrons. The van der Waals surface area contributed by atoms with Crippen LogP contribution in [0.4, 0.5) is 0 Å². The molecule has 0 spiro atoms. The van der Waals surface area contributed by atoms with Gasteiger partial charge >= 0.3 is 0 Å². The Balaban J connectivity index is 2.08. The van der Waals surface area contributed by atoms with Crippen molar-refractivity contribution in [2.24, 2.45) is 5.73 Å². The standard InChI is InChI=1S/C16H14Cl2N2O2/c17-12-5-1-10(2-6-12)9-14(15(19)21)20-16(22)11-3-7-13(18)8-4-11/h1-8,14H,9H2,(H2,19,21)(H,20,22)/t14-/m0/s1. The molecule has 0 aromatic heterocycles. The molecule has 0 heterocycles. The van der Waals surface area contributed by atoms with E-state index in [1.165, 1.54) is 0 Å². The number of benzene rings is 2. The zero-order chi connectivity index (χ0) is 16.1. The number of carbonyl (C=O) groups excluding carboxylic acids is 2. The molecule has 2 aromatic rings. The number of hydrogen-bond donors (Lipinski definition) is 2. The fourth-order valence-electron chi connectivity index (χ4n) is 1.92. The fourth-order valence-corrected chi connectivity index (χ4v) is 2.17. The van der Waals surface area contributed by atoms with Crippen LogP contribution in [0.1, 0.15) is 15.9 Å². The van der Waals surface area contributed by atoms with Crippen LogP contribution in [0, 0.1) is 0 Å². The SMILES string of the molecule is NC(=O)[C@H](Cc1ccc(Cl)cc1)NC(=O)c1ccc(Cl)cc1. The minimum atomic E-state index is -0.802. The van der Waals surface area contributed by atoms with Crippen LogP contribution in [0.5, 0.6) is 0 Å². The molecule has 3 N–H and O–H groups in total. The summed E-state index contributed by atoms with van der Waals surface area (Å²) in [6.45, 7) is 0.